The summed E-state index contributed by atoms with van der Waals surface area (Å²) >= 11 is 0. The molecule has 7 nitrogen and oxygen atoms in total. The van der Waals surface area contributed by atoms with Gasteiger partial charge in [-0.25, -0.2) is 9.97 Å². The molecule has 1 aromatic heterocycles. The van der Waals surface area contributed by atoms with Gasteiger partial charge >= 0.3 is 0 Å². The topological polar surface area (TPSA) is 76.6 Å². The highest BCUT2D eigenvalue weighted by Crippen LogP contribution is 2.32. The molecule has 7 heteroatoms. The lowest BCUT2D eigenvalue weighted by Crippen LogP contribution is -2.20. The van der Waals surface area contributed by atoms with Gasteiger partial charge in [-0.05, 0) is 36.6 Å². The average molecular weight is 338 g/mol. The van der Waals surface area contributed by atoms with Crippen LogP contribution >= 0.6 is 0 Å². The van der Waals surface area contributed by atoms with Gasteiger partial charge in [0.25, 0.3) is 0 Å². The number of nitrogens with zero attached hydrogens (tertiary/aromatic N) is 3. The molecule has 1 aromatic carbocycles. The molecule has 3 heterocycles. The van der Waals surface area contributed by atoms with Crippen molar-refractivity contribution >= 4 is 23.6 Å². The molecular formula is C18H18N4O3. The summed E-state index contributed by atoms with van der Waals surface area (Å²) in [5.41, 5.74) is 1.43. The van der Waals surface area contributed by atoms with Gasteiger partial charge in [0.15, 0.2) is 11.5 Å². The number of carbonyl (C=O) groups excluding carboxylic acids is 1. The molecule has 0 unspecified atom stereocenters. The van der Waals surface area contributed by atoms with Crippen LogP contribution in [0.3, 0.4) is 0 Å². The zero-order chi connectivity index (χ0) is 17.1. The first kappa shape index (κ1) is 15.4. The summed E-state index contributed by atoms with van der Waals surface area (Å²) in [6.07, 6.45) is 8.79. The highest BCUT2D eigenvalue weighted by atomic mass is 16.7. The number of hydrogen-bond acceptors (Lipinski definition) is 6. The predicted octanol–water partition coefficient (Wildman–Crippen LogP) is 2.46. The third-order valence-corrected chi connectivity index (χ3v) is 4.12. The maximum absolute atomic E-state index is 12.0. The molecule has 1 saturated heterocycles. The second-order valence-electron chi connectivity index (χ2n) is 5.90. The molecule has 0 saturated carbocycles. The third-order valence-electron chi connectivity index (χ3n) is 4.12. The standard InChI is InChI=1S/C18H18N4O3/c23-17(6-4-13-3-5-15-16(9-13)25-12-24-15)21-14-10-19-18(20-11-14)22-7-1-2-8-22/h3-6,9-11H,1-2,7-8,12H2,(H,21,23)/b6-4+. The monoisotopic (exact) mass is 338 g/mol. The van der Waals surface area contributed by atoms with Crippen LogP contribution in [0.4, 0.5) is 11.6 Å². The Balaban J connectivity index is 1.36. The number of anilines is 2. The van der Waals surface area contributed by atoms with Crippen molar-refractivity contribution in [3.8, 4) is 11.5 Å². The van der Waals surface area contributed by atoms with Crippen molar-refractivity contribution in [1.82, 2.24) is 9.97 Å². The Bertz CT molecular complexity index is 798. The van der Waals surface area contributed by atoms with E-state index in [0.29, 0.717) is 17.4 Å². The van der Waals surface area contributed by atoms with Gasteiger partial charge in [0.05, 0.1) is 18.1 Å². The van der Waals surface area contributed by atoms with Gasteiger partial charge in [-0.2, -0.15) is 0 Å². The van der Waals surface area contributed by atoms with E-state index in [4.69, 9.17) is 9.47 Å². The number of nitrogens with one attached hydrogen (secondary N) is 1. The van der Waals surface area contributed by atoms with E-state index in [1.807, 2.05) is 18.2 Å². The molecule has 4 rings (SSSR count). The Labute approximate surface area is 145 Å². The van der Waals surface area contributed by atoms with E-state index < -0.39 is 0 Å². The first-order chi connectivity index (χ1) is 12.3. The van der Waals surface area contributed by atoms with Crippen LogP contribution in [0.2, 0.25) is 0 Å². The minimum Gasteiger partial charge on any atom is -0.454 e. The summed E-state index contributed by atoms with van der Waals surface area (Å²) < 4.78 is 10.6. The number of fused-ring (bicyclic) bond motifs is 1. The van der Waals surface area contributed by atoms with E-state index in [1.54, 1.807) is 18.5 Å². The Hall–Kier alpha value is -3.09. The lowest BCUT2D eigenvalue weighted by molar-refractivity contribution is -0.111. The lowest BCUT2D eigenvalue weighted by atomic mass is 10.2. The first-order valence-electron chi connectivity index (χ1n) is 8.24. The maximum atomic E-state index is 12.0. The number of ether oxygens (including phenoxy) is 2. The highest BCUT2D eigenvalue weighted by Gasteiger charge is 2.15. The van der Waals surface area contributed by atoms with Crippen molar-refractivity contribution in [1.29, 1.82) is 0 Å². The molecule has 2 aliphatic rings. The molecular weight excluding hydrogens is 320 g/mol. The maximum Gasteiger partial charge on any atom is 0.248 e. The summed E-state index contributed by atoms with van der Waals surface area (Å²) in [7, 11) is 0. The van der Waals surface area contributed by atoms with E-state index in [0.717, 1.165) is 24.4 Å². The second kappa shape index (κ2) is 6.80. The van der Waals surface area contributed by atoms with Gasteiger partial charge in [-0.15, -0.1) is 0 Å². The van der Waals surface area contributed by atoms with E-state index in [-0.39, 0.29) is 12.7 Å². The van der Waals surface area contributed by atoms with Crippen LogP contribution < -0.4 is 19.7 Å². The zero-order valence-electron chi connectivity index (χ0n) is 13.6. The van der Waals surface area contributed by atoms with E-state index in [9.17, 15) is 4.79 Å². The van der Waals surface area contributed by atoms with Crippen molar-refractivity contribution in [2.24, 2.45) is 0 Å². The minimum atomic E-state index is -0.241. The smallest absolute Gasteiger partial charge is 0.248 e. The van der Waals surface area contributed by atoms with Gasteiger partial charge < -0.3 is 19.7 Å². The van der Waals surface area contributed by atoms with Gasteiger partial charge in [-0.1, -0.05) is 6.07 Å². The largest absolute Gasteiger partial charge is 0.454 e. The average Bonchev–Trinajstić information content (AvgIpc) is 3.32. The van der Waals surface area contributed by atoms with Gasteiger partial charge in [-0.3, -0.25) is 4.79 Å². The van der Waals surface area contributed by atoms with Gasteiger partial charge in [0, 0.05) is 19.2 Å². The molecule has 0 bridgehead atoms. The molecule has 2 aromatic rings. The zero-order valence-corrected chi connectivity index (χ0v) is 13.6. The number of carbonyl (C=O) groups is 1. The van der Waals surface area contributed by atoms with Crippen LogP contribution in [0.15, 0.2) is 36.7 Å². The number of benzene rings is 1. The fourth-order valence-electron chi connectivity index (χ4n) is 2.84. The first-order valence-corrected chi connectivity index (χ1v) is 8.24. The van der Waals surface area contributed by atoms with Crippen molar-refractivity contribution in [3.63, 3.8) is 0 Å². The van der Waals surface area contributed by atoms with Crippen LogP contribution in [-0.4, -0.2) is 35.8 Å². The van der Waals surface area contributed by atoms with Crippen molar-refractivity contribution in [3.05, 3.63) is 42.2 Å². The molecule has 1 amide bonds. The van der Waals surface area contributed by atoms with Crippen LogP contribution in [0.25, 0.3) is 6.08 Å². The molecule has 0 radical (unpaired) electrons. The summed E-state index contributed by atoms with van der Waals surface area (Å²) in [6.45, 7) is 2.21. The SMILES string of the molecule is O=C(/C=C/c1ccc2c(c1)OCO2)Nc1cnc(N2CCCC2)nc1. The molecule has 128 valence electrons. The molecule has 0 atom stereocenters. The van der Waals surface area contributed by atoms with Crippen molar-refractivity contribution in [2.75, 3.05) is 30.1 Å². The molecule has 25 heavy (non-hydrogen) atoms. The summed E-state index contributed by atoms with van der Waals surface area (Å²) in [5.74, 6) is 1.88. The number of hydrogen-bond donors (Lipinski definition) is 1. The number of amides is 1. The van der Waals surface area contributed by atoms with E-state index in [1.165, 1.54) is 18.9 Å². The quantitative estimate of drug-likeness (QED) is 0.863. The summed E-state index contributed by atoms with van der Waals surface area (Å²) in [5, 5.41) is 2.76. The number of aromatic nitrogens is 2. The second-order valence-corrected chi connectivity index (χ2v) is 5.90. The van der Waals surface area contributed by atoms with Crippen molar-refractivity contribution < 1.29 is 14.3 Å². The molecule has 1 N–H and O–H groups in total. The van der Waals surface area contributed by atoms with Gasteiger partial charge in [0.2, 0.25) is 18.6 Å². The fourth-order valence-corrected chi connectivity index (χ4v) is 2.84. The van der Waals surface area contributed by atoms with Crippen LogP contribution in [0.5, 0.6) is 11.5 Å². The minimum absolute atomic E-state index is 0.233. The Kier molecular flexibility index (Phi) is 4.20. The van der Waals surface area contributed by atoms with Crippen LogP contribution in [0.1, 0.15) is 18.4 Å². The molecule has 2 aliphatic heterocycles. The van der Waals surface area contributed by atoms with Crippen LogP contribution in [-0.2, 0) is 4.79 Å². The molecule has 0 aliphatic carbocycles. The van der Waals surface area contributed by atoms with E-state index in [2.05, 4.69) is 20.2 Å². The number of rotatable bonds is 4. The normalized spacial score (nSPS) is 15.8. The fraction of sp³-hybridized carbons (Fsp3) is 0.278. The lowest BCUT2D eigenvalue weighted by Gasteiger charge is -2.14. The summed E-state index contributed by atoms with van der Waals surface area (Å²) in [6, 6.07) is 5.52. The Morgan fingerprint density at radius 1 is 1.12 bits per heavy atom. The van der Waals surface area contributed by atoms with Gasteiger partial charge in [0.1, 0.15) is 0 Å². The Morgan fingerprint density at radius 3 is 2.68 bits per heavy atom. The molecule has 1 fully saturated rings. The predicted molar refractivity (Wildman–Crippen MR) is 93.7 cm³/mol. The van der Waals surface area contributed by atoms with Crippen LogP contribution in [0, 0.1) is 0 Å². The van der Waals surface area contributed by atoms with E-state index >= 15 is 0 Å². The Morgan fingerprint density at radius 2 is 1.88 bits per heavy atom. The van der Waals surface area contributed by atoms with Crippen molar-refractivity contribution in [2.45, 2.75) is 12.8 Å². The highest BCUT2D eigenvalue weighted by molar-refractivity contribution is 6.01. The third kappa shape index (κ3) is 3.55. The molecule has 0 spiro atoms. The summed E-state index contributed by atoms with van der Waals surface area (Å²) in [4.78, 5) is 22.8.